The molecule has 2 aromatic carbocycles. The minimum atomic E-state index is -4.18. The Morgan fingerprint density at radius 3 is 2.56 bits per heavy atom. The number of carbonyl (C=O) groups is 1. The zero-order valence-electron chi connectivity index (χ0n) is 13.8. The summed E-state index contributed by atoms with van der Waals surface area (Å²) in [6.45, 7) is 1.50. The lowest BCUT2D eigenvalue weighted by atomic mass is 10.1. The van der Waals surface area contributed by atoms with Crippen LogP contribution in [0.25, 0.3) is 0 Å². The monoisotopic (exact) mass is 384 g/mol. The van der Waals surface area contributed by atoms with Gasteiger partial charge in [-0.2, -0.15) is 4.31 Å². The van der Waals surface area contributed by atoms with Crippen molar-refractivity contribution in [3.63, 3.8) is 0 Å². The smallest absolute Gasteiger partial charge is 0.246 e. The number of anilines is 1. The van der Waals surface area contributed by atoms with Crippen molar-refractivity contribution in [2.45, 2.75) is 18.2 Å². The number of halogens is 2. The largest absolute Gasteiger partial charge is 0.325 e. The number of hydrogen-bond acceptors (Lipinski definition) is 3. The normalized spacial score (nSPS) is 11.6. The van der Waals surface area contributed by atoms with E-state index >= 15 is 0 Å². The molecule has 8 heteroatoms. The standard InChI is InChI=1S/C17H18ClFN2O3S/c1-3-12-7-4-5-9-14(12)20-16(22)11-21(2)25(23,24)15-10-6-8-13(18)17(15)19/h4-10H,3,11H2,1-2H3,(H,20,22). The number of hydrogen-bond donors (Lipinski definition) is 1. The highest BCUT2D eigenvalue weighted by Gasteiger charge is 2.27. The lowest BCUT2D eigenvalue weighted by molar-refractivity contribution is -0.116. The average Bonchev–Trinajstić information content (AvgIpc) is 2.57. The van der Waals surface area contributed by atoms with Gasteiger partial charge >= 0.3 is 0 Å². The number of nitrogens with one attached hydrogen (secondary N) is 1. The lowest BCUT2D eigenvalue weighted by Crippen LogP contribution is -2.35. The second-order valence-corrected chi connectivity index (χ2v) is 7.79. The summed E-state index contributed by atoms with van der Waals surface area (Å²) in [5, 5.41) is 2.38. The van der Waals surface area contributed by atoms with Gasteiger partial charge in [0.15, 0.2) is 5.82 Å². The van der Waals surface area contributed by atoms with Crippen LogP contribution in [-0.2, 0) is 21.2 Å². The maximum Gasteiger partial charge on any atom is 0.246 e. The van der Waals surface area contributed by atoms with Gasteiger partial charge in [-0.1, -0.05) is 42.8 Å². The molecule has 2 rings (SSSR count). The fourth-order valence-electron chi connectivity index (χ4n) is 2.28. The quantitative estimate of drug-likeness (QED) is 0.830. The van der Waals surface area contributed by atoms with Gasteiger partial charge in [-0.05, 0) is 30.2 Å². The van der Waals surface area contributed by atoms with E-state index in [4.69, 9.17) is 11.6 Å². The predicted molar refractivity (Wildman–Crippen MR) is 95.7 cm³/mol. The predicted octanol–water partition coefficient (Wildman–Crippen LogP) is 3.30. The van der Waals surface area contributed by atoms with Gasteiger partial charge in [0.25, 0.3) is 0 Å². The summed E-state index contributed by atoms with van der Waals surface area (Å²) in [4.78, 5) is 11.6. The Hall–Kier alpha value is -1.96. The molecule has 25 heavy (non-hydrogen) atoms. The molecule has 5 nitrogen and oxygen atoms in total. The molecule has 0 aromatic heterocycles. The number of carbonyl (C=O) groups excluding carboxylic acids is 1. The molecule has 0 bridgehead atoms. The zero-order valence-corrected chi connectivity index (χ0v) is 15.4. The van der Waals surface area contributed by atoms with Gasteiger partial charge in [-0.15, -0.1) is 0 Å². The molecule has 1 N–H and O–H groups in total. The number of likely N-dealkylation sites (N-methyl/N-ethyl adjacent to an activating group) is 1. The average molecular weight is 385 g/mol. The summed E-state index contributed by atoms with van der Waals surface area (Å²) in [5.41, 5.74) is 1.55. The van der Waals surface area contributed by atoms with Crippen LogP contribution in [0.3, 0.4) is 0 Å². The van der Waals surface area contributed by atoms with E-state index in [0.717, 1.165) is 22.4 Å². The molecule has 0 saturated heterocycles. The number of aryl methyl sites for hydroxylation is 1. The van der Waals surface area contributed by atoms with Gasteiger partial charge in [0.05, 0.1) is 11.6 Å². The van der Waals surface area contributed by atoms with Crippen LogP contribution in [0.15, 0.2) is 47.4 Å². The Balaban J connectivity index is 2.16. The third-order valence-corrected chi connectivity index (χ3v) is 5.76. The Labute approximate surface area is 151 Å². The topological polar surface area (TPSA) is 66.5 Å². The molecule has 0 aliphatic carbocycles. The van der Waals surface area contributed by atoms with Crippen molar-refractivity contribution >= 4 is 33.2 Å². The number of nitrogens with zero attached hydrogens (tertiary/aromatic N) is 1. The maximum atomic E-state index is 14.0. The van der Waals surface area contributed by atoms with Gasteiger partial charge < -0.3 is 5.32 Å². The second-order valence-electron chi connectivity index (χ2n) is 5.37. The van der Waals surface area contributed by atoms with Crippen LogP contribution >= 0.6 is 11.6 Å². The molecular formula is C17H18ClFN2O3S. The van der Waals surface area contributed by atoms with E-state index in [9.17, 15) is 17.6 Å². The first-order valence-electron chi connectivity index (χ1n) is 7.55. The minimum absolute atomic E-state index is 0.296. The number of benzene rings is 2. The van der Waals surface area contributed by atoms with Crippen molar-refractivity contribution in [1.29, 1.82) is 0 Å². The van der Waals surface area contributed by atoms with E-state index in [2.05, 4.69) is 5.32 Å². The number of amides is 1. The number of para-hydroxylation sites is 1. The van der Waals surface area contributed by atoms with Crippen LogP contribution < -0.4 is 5.32 Å². The molecule has 0 unspecified atom stereocenters. The Kier molecular flexibility index (Phi) is 6.16. The Bertz CT molecular complexity index is 887. The van der Waals surface area contributed by atoms with E-state index in [-0.39, 0.29) is 5.02 Å². The molecule has 0 atom stereocenters. The third kappa shape index (κ3) is 4.36. The van der Waals surface area contributed by atoms with Crippen LogP contribution in [-0.4, -0.2) is 32.2 Å². The van der Waals surface area contributed by atoms with E-state index in [1.165, 1.54) is 19.2 Å². The van der Waals surface area contributed by atoms with Crippen LogP contribution in [0.1, 0.15) is 12.5 Å². The van der Waals surface area contributed by atoms with Crippen molar-refractivity contribution < 1.29 is 17.6 Å². The highest BCUT2D eigenvalue weighted by atomic mass is 35.5. The molecule has 0 radical (unpaired) electrons. The zero-order chi connectivity index (χ0) is 18.6. The summed E-state index contributed by atoms with van der Waals surface area (Å²) >= 11 is 5.63. The Morgan fingerprint density at radius 2 is 1.88 bits per heavy atom. The van der Waals surface area contributed by atoms with E-state index in [1.807, 2.05) is 19.1 Å². The van der Waals surface area contributed by atoms with Crippen molar-refractivity contribution in [3.8, 4) is 0 Å². The molecule has 0 heterocycles. The molecule has 1 amide bonds. The summed E-state index contributed by atoms with van der Waals surface area (Å²) in [6, 6.07) is 10.9. The van der Waals surface area contributed by atoms with Crippen LogP contribution in [0, 0.1) is 5.82 Å². The third-order valence-electron chi connectivity index (χ3n) is 3.64. The summed E-state index contributed by atoms with van der Waals surface area (Å²) in [7, 11) is -2.97. The fourth-order valence-corrected chi connectivity index (χ4v) is 3.72. The van der Waals surface area contributed by atoms with Crippen molar-refractivity contribution in [2.75, 3.05) is 18.9 Å². The highest BCUT2D eigenvalue weighted by molar-refractivity contribution is 7.89. The first-order chi connectivity index (χ1) is 11.8. The minimum Gasteiger partial charge on any atom is -0.325 e. The molecule has 2 aromatic rings. The molecule has 0 saturated carbocycles. The molecule has 0 fully saturated rings. The van der Waals surface area contributed by atoms with Crippen LogP contribution in [0.5, 0.6) is 0 Å². The first kappa shape index (κ1) is 19.4. The molecular weight excluding hydrogens is 367 g/mol. The van der Waals surface area contributed by atoms with Crippen LogP contribution in [0.4, 0.5) is 10.1 Å². The molecule has 0 spiro atoms. The van der Waals surface area contributed by atoms with Crippen molar-refractivity contribution in [3.05, 3.63) is 58.9 Å². The van der Waals surface area contributed by atoms with E-state index in [0.29, 0.717) is 5.69 Å². The molecule has 0 aliphatic heterocycles. The van der Waals surface area contributed by atoms with E-state index in [1.54, 1.807) is 12.1 Å². The second kappa shape index (κ2) is 7.95. The number of rotatable bonds is 6. The summed E-state index contributed by atoms with van der Waals surface area (Å²) in [5.74, 6) is -1.55. The summed E-state index contributed by atoms with van der Waals surface area (Å²) in [6.07, 6.45) is 0.721. The van der Waals surface area contributed by atoms with Gasteiger partial charge in [0, 0.05) is 12.7 Å². The van der Waals surface area contributed by atoms with Gasteiger partial charge in [0.2, 0.25) is 15.9 Å². The fraction of sp³-hybridized carbons (Fsp3) is 0.235. The van der Waals surface area contributed by atoms with Gasteiger partial charge in [0.1, 0.15) is 4.90 Å². The highest BCUT2D eigenvalue weighted by Crippen LogP contribution is 2.24. The van der Waals surface area contributed by atoms with Gasteiger partial charge in [-0.25, -0.2) is 12.8 Å². The molecule has 0 aliphatic rings. The van der Waals surface area contributed by atoms with Crippen molar-refractivity contribution in [1.82, 2.24) is 4.31 Å². The lowest BCUT2D eigenvalue weighted by Gasteiger charge is -2.18. The Morgan fingerprint density at radius 1 is 1.20 bits per heavy atom. The van der Waals surface area contributed by atoms with Crippen molar-refractivity contribution in [2.24, 2.45) is 0 Å². The maximum absolute atomic E-state index is 14.0. The van der Waals surface area contributed by atoms with E-state index < -0.39 is 33.2 Å². The first-order valence-corrected chi connectivity index (χ1v) is 9.37. The van der Waals surface area contributed by atoms with Crippen LogP contribution in [0.2, 0.25) is 5.02 Å². The number of sulfonamides is 1. The molecule has 134 valence electrons. The summed E-state index contributed by atoms with van der Waals surface area (Å²) < 4.78 is 39.7. The SMILES string of the molecule is CCc1ccccc1NC(=O)CN(C)S(=O)(=O)c1cccc(Cl)c1F. The van der Waals surface area contributed by atoms with Gasteiger partial charge in [-0.3, -0.25) is 4.79 Å².